The molecule has 0 aliphatic heterocycles. The summed E-state index contributed by atoms with van der Waals surface area (Å²) in [5.74, 6) is 0.00560. The van der Waals surface area contributed by atoms with Crippen molar-refractivity contribution in [1.82, 2.24) is 14.8 Å². The molecule has 2 heterocycles. The minimum atomic E-state index is -0.526. The van der Waals surface area contributed by atoms with E-state index in [4.69, 9.17) is 11.6 Å². The van der Waals surface area contributed by atoms with Crippen molar-refractivity contribution in [3.8, 4) is 10.7 Å². The third kappa shape index (κ3) is 4.02. The molecule has 3 rings (SSSR count). The average Bonchev–Trinajstić information content (AvgIpc) is 3.21. The van der Waals surface area contributed by atoms with E-state index in [1.54, 1.807) is 18.3 Å². The van der Waals surface area contributed by atoms with E-state index in [1.165, 1.54) is 30.0 Å². The second kappa shape index (κ2) is 7.55. The highest BCUT2D eigenvalue weighted by atomic mass is 35.5. The Labute approximate surface area is 157 Å². The first kappa shape index (κ1) is 17.9. The molecule has 9 heteroatoms. The van der Waals surface area contributed by atoms with Gasteiger partial charge in [0.05, 0.1) is 15.1 Å². The van der Waals surface area contributed by atoms with Gasteiger partial charge in [0.15, 0.2) is 11.0 Å². The van der Waals surface area contributed by atoms with Gasteiger partial charge in [-0.2, -0.15) is 0 Å². The molecule has 2 aromatic heterocycles. The summed E-state index contributed by atoms with van der Waals surface area (Å²) in [5.41, 5.74) is 0.445. The van der Waals surface area contributed by atoms with Crippen molar-refractivity contribution in [2.75, 3.05) is 5.32 Å². The lowest BCUT2D eigenvalue weighted by Crippen LogP contribution is -2.22. The minimum Gasteiger partial charge on any atom is -0.325 e. The summed E-state index contributed by atoms with van der Waals surface area (Å²) in [5, 5.41) is 13.2. The molecule has 130 valence electrons. The molecule has 1 atom stereocenters. The molecule has 1 amide bonds. The smallest absolute Gasteiger partial charge is 0.237 e. The Kier molecular flexibility index (Phi) is 5.41. The number of anilines is 1. The van der Waals surface area contributed by atoms with Crippen molar-refractivity contribution in [3.05, 3.63) is 46.6 Å². The third-order valence-electron chi connectivity index (χ3n) is 3.42. The molecule has 1 N–H and O–H groups in total. The number of nitrogens with one attached hydrogen (secondary N) is 1. The maximum Gasteiger partial charge on any atom is 0.237 e. The topological polar surface area (TPSA) is 59.8 Å². The van der Waals surface area contributed by atoms with Gasteiger partial charge in [-0.25, -0.2) is 4.39 Å². The molecule has 0 saturated carbocycles. The summed E-state index contributed by atoms with van der Waals surface area (Å²) in [6.45, 7) is 1.77. The Morgan fingerprint density at radius 2 is 2.20 bits per heavy atom. The fourth-order valence-corrected chi connectivity index (χ4v) is 3.81. The van der Waals surface area contributed by atoms with Crippen LogP contribution in [0.3, 0.4) is 0 Å². The number of rotatable bonds is 5. The fourth-order valence-electron chi connectivity index (χ4n) is 2.07. The highest BCUT2D eigenvalue weighted by molar-refractivity contribution is 8.00. The molecule has 0 spiro atoms. The molecule has 5 nitrogen and oxygen atoms in total. The van der Waals surface area contributed by atoms with Crippen LogP contribution in [0.15, 0.2) is 40.9 Å². The second-order valence-electron chi connectivity index (χ2n) is 5.22. The highest BCUT2D eigenvalue weighted by Crippen LogP contribution is 2.28. The van der Waals surface area contributed by atoms with Gasteiger partial charge in [0, 0.05) is 12.7 Å². The van der Waals surface area contributed by atoms with Crippen LogP contribution < -0.4 is 5.32 Å². The van der Waals surface area contributed by atoms with Crippen LogP contribution in [0.1, 0.15) is 6.92 Å². The molecule has 25 heavy (non-hydrogen) atoms. The zero-order chi connectivity index (χ0) is 18.0. The zero-order valence-electron chi connectivity index (χ0n) is 13.4. The van der Waals surface area contributed by atoms with E-state index in [0.717, 1.165) is 10.7 Å². The highest BCUT2D eigenvalue weighted by Gasteiger charge is 2.20. The van der Waals surface area contributed by atoms with Crippen LogP contribution in [0.25, 0.3) is 10.7 Å². The number of benzene rings is 1. The largest absolute Gasteiger partial charge is 0.325 e. The number of thiophene rings is 1. The first-order valence-electron chi connectivity index (χ1n) is 7.31. The molecule has 1 unspecified atom stereocenters. The van der Waals surface area contributed by atoms with E-state index in [9.17, 15) is 9.18 Å². The molecule has 1 aromatic carbocycles. The van der Waals surface area contributed by atoms with E-state index in [1.807, 2.05) is 29.1 Å². The minimum absolute atomic E-state index is 0.0352. The van der Waals surface area contributed by atoms with E-state index in [0.29, 0.717) is 10.8 Å². The van der Waals surface area contributed by atoms with Gasteiger partial charge in [-0.3, -0.25) is 4.79 Å². The van der Waals surface area contributed by atoms with Crippen LogP contribution in [0, 0.1) is 5.82 Å². The van der Waals surface area contributed by atoms with E-state index in [2.05, 4.69) is 15.5 Å². The molecule has 0 saturated heterocycles. The Morgan fingerprint density at radius 1 is 1.40 bits per heavy atom. The summed E-state index contributed by atoms with van der Waals surface area (Å²) >= 11 is 8.60. The number of carbonyl (C=O) groups is 1. The lowest BCUT2D eigenvalue weighted by molar-refractivity contribution is -0.115. The van der Waals surface area contributed by atoms with Crippen LogP contribution >= 0.6 is 34.7 Å². The molecule has 3 aromatic rings. The Bertz CT molecular complexity index is 898. The van der Waals surface area contributed by atoms with Crippen LogP contribution in [-0.2, 0) is 11.8 Å². The van der Waals surface area contributed by atoms with Gasteiger partial charge in [-0.05, 0) is 36.6 Å². The van der Waals surface area contributed by atoms with Crippen molar-refractivity contribution < 1.29 is 9.18 Å². The number of aromatic nitrogens is 3. The summed E-state index contributed by atoms with van der Waals surface area (Å²) in [6, 6.07) is 7.98. The van der Waals surface area contributed by atoms with Gasteiger partial charge in [0.2, 0.25) is 5.91 Å². The lowest BCUT2D eigenvalue weighted by Gasteiger charge is -2.12. The van der Waals surface area contributed by atoms with Crippen LogP contribution in [-0.4, -0.2) is 25.9 Å². The van der Waals surface area contributed by atoms with Gasteiger partial charge in [-0.15, -0.1) is 21.5 Å². The number of amides is 1. The number of halogens is 2. The van der Waals surface area contributed by atoms with Crippen LogP contribution in [0.5, 0.6) is 0 Å². The second-order valence-corrected chi connectivity index (χ2v) is 7.88. The summed E-state index contributed by atoms with van der Waals surface area (Å²) in [4.78, 5) is 13.3. The first-order valence-corrected chi connectivity index (χ1v) is 9.45. The van der Waals surface area contributed by atoms with E-state index in [-0.39, 0.29) is 10.9 Å². The summed E-state index contributed by atoms with van der Waals surface area (Å²) in [6.07, 6.45) is 0. The van der Waals surface area contributed by atoms with Gasteiger partial charge in [-0.1, -0.05) is 29.4 Å². The van der Waals surface area contributed by atoms with Crippen molar-refractivity contribution in [2.24, 2.45) is 7.05 Å². The molecular formula is C16H14ClFN4OS2. The molecule has 0 fully saturated rings. The quantitative estimate of drug-likeness (QED) is 0.647. The first-order chi connectivity index (χ1) is 12.0. The van der Waals surface area contributed by atoms with Crippen molar-refractivity contribution in [3.63, 3.8) is 0 Å². The number of hydrogen-bond donors (Lipinski definition) is 1. The maximum absolute atomic E-state index is 13.2. The Hall–Kier alpha value is -1.90. The molecule has 0 radical (unpaired) electrons. The average molecular weight is 397 g/mol. The molecule has 0 aliphatic carbocycles. The maximum atomic E-state index is 13.2. The van der Waals surface area contributed by atoms with Gasteiger partial charge >= 0.3 is 0 Å². The molecule has 0 aliphatic rings. The zero-order valence-corrected chi connectivity index (χ0v) is 15.8. The van der Waals surface area contributed by atoms with Gasteiger partial charge in [0.1, 0.15) is 5.82 Å². The van der Waals surface area contributed by atoms with Gasteiger partial charge < -0.3 is 9.88 Å². The Morgan fingerprint density at radius 3 is 2.88 bits per heavy atom. The van der Waals surface area contributed by atoms with E-state index >= 15 is 0 Å². The monoisotopic (exact) mass is 396 g/mol. The van der Waals surface area contributed by atoms with Crippen LogP contribution in [0.2, 0.25) is 5.02 Å². The van der Waals surface area contributed by atoms with Crippen molar-refractivity contribution in [1.29, 1.82) is 0 Å². The standard InChI is InChI=1S/C16H14ClFN4OS2/c1-9(15(23)19-10-5-6-12(18)11(17)8-10)25-16-21-20-14(22(16)2)13-4-3-7-24-13/h3-9H,1-2H3,(H,19,23). The summed E-state index contributed by atoms with van der Waals surface area (Å²) in [7, 11) is 1.86. The van der Waals surface area contributed by atoms with E-state index < -0.39 is 11.1 Å². The third-order valence-corrected chi connectivity index (χ3v) is 5.70. The normalized spacial score (nSPS) is 12.2. The van der Waals surface area contributed by atoms with Crippen molar-refractivity contribution >= 4 is 46.3 Å². The van der Waals surface area contributed by atoms with Gasteiger partial charge in [0.25, 0.3) is 0 Å². The predicted octanol–water partition coefficient (Wildman–Crippen LogP) is 4.46. The van der Waals surface area contributed by atoms with Crippen LogP contribution in [0.4, 0.5) is 10.1 Å². The van der Waals surface area contributed by atoms with Crippen molar-refractivity contribution in [2.45, 2.75) is 17.3 Å². The number of thioether (sulfide) groups is 1. The number of hydrogen-bond acceptors (Lipinski definition) is 5. The number of carbonyl (C=O) groups excluding carboxylic acids is 1. The Balaban J connectivity index is 1.68. The predicted molar refractivity (Wildman–Crippen MR) is 99.7 cm³/mol. The summed E-state index contributed by atoms with van der Waals surface area (Å²) < 4.78 is 15.0. The lowest BCUT2D eigenvalue weighted by atomic mass is 10.3. The SMILES string of the molecule is CC(Sc1nnc(-c2cccs2)n1C)C(=O)Nc1ccc(F)c(Cl)c1. The molecular weight excluding hydrogens is 383 g/mol. The number of nitrogens with zero attached hydrogens (tertiary/aromatic N) is 3. The molecule has 0 bridgehead atoms. The fraction of sp³-hybridized carbons (Fsp3) is 0.188.